The molecule has 0 spiro atoms. The first-order valence-corrected chi connectivity index (χ1v) is 4.66. The second kappa shape index (κ2) is 3.82. The Morgan fingerprint density at radius 3 is 2.43 bits per heavy atom. The molecule has 0 radical (unpaired) electrons. The summed E-state index contributed by atoms with van der Waals surface area (Å²) in [6.45, 7) is 6.39. The number of hydrogen-bond donors (Lipinski definition) is 2. The van der Waals surface area contributed by atoms with E-state index in [1.165, 1.54) is 0 Å². The largest absolute Gasteiger partial charge is 0.369 e. The first-order chi connectivity index (χ1) is 6.45. The zero-order chi connectivity index (χ0) is 10.9. The Morgan fingerprint density at radius 1 is 1.43 bits per heavy atom. The molecule has 0 aromatic heterocycles. The van der Waals surface area contributed by atoms with Gasteiger partial charge in [-0.2, -0.15) is 0 Å². The van der Waals surface area contributed by atoms with Gasteiger partial charge >= 0.3 is 0 Å². The average Bonchev–Trinajstić information content (AvgIpc) is 2.45. The fourth-order valence-corrected chi connectivity index (χ4v) is 1.72. The molecule has 0 bridgehead atoms. The van der Waals surface area contributed by atoms with Crippen molar-refractivity contribution in [1.29, 1.82) is 0 Å². The molecule has 14 heavy (non-hydrogen) atoms. The second-order valence-electron chi connectivity index (χ2n) is 3.91. The molecule has 2 amide bonds. The van der Waals surface area contributed by atoms with Crippen molar-refractivity contribution in [2.75, 3.05) is 6.54 Å². The van der Waals surface area contributed by atoms with E-state index in [9.17, 15) is 9.59 Å². The molecule has 78 valence electrons. The van der Waals surface area contributed by atoms with Crippen molar-refractivity contribution in [3.8, 4) is 0 Å². The van der Waals surface area contributed by atoms with Crippen LogP contribution in [0.1, 0.15) is 20.8 Å². The summed E-state index contributed by atoms with van der Waals surface area (Å²) in [6, 6.07) is 0. The maximum Gasteiger partial charge on any atom is 0.233 e. The Kier molecular flexibility index (Phi) is 2.93. The van der Waals surface area contributed by atoms with E-state index in [-0.39, 0.29) is 11.8 Å². The molecule has 0 aromatic rings. The lowest BCUT2D eigenvalue weighted by atomic mass is 9.86. The summed E-state index contributed by atoms with van der Waals surface area (Å²) in [5.74, 6) is -1.54. The van der Waals surface area contributed by atoms with E-state index in [2.05, 4.69) is 5.32 Å². The number of rotatable bonds is 2. The molecule has 0 saturated carbocycles. The maximum atomic E-state index is 11.3. The molecule has 1 heterocycles. The van der Waals surface area contributed by atoms with Crippen LogP contribution >= 0.6 is 0 Å². The van der Waals surface area contributed by atoms with Gasteiger partial charge in [-0.15, -0.1) is 0 Å². The number of primary amides is 1. The zero-order valence-electron chi connectivity index (χ0n) is 8.76. The predicted octanol–water partition coefficient (Wildman–Crippen LogP) is 0.190. The first-order valence-electron chi connectivity index (χ1n) is 4.66. The lowest BCUT2D eigenvalue weighted by molar-refractivity contribution is -0.131. The van der Waals surface area contributed by atoms with Crippen molar-refractivity contribution in [1.82, 2.24) is 5.32 Å². The summed E-state index contributed by atoms with van der Waals surface area (Å²) in [5.41, 5.74) is 7.41. The van der Waals surface area contributed by atoms with Crippen LogP contribution in [0.4, 0.5) is 0 Å². The molecule has 0 unspecified atom stereocenters. The SMILES string of the molecule is CC(C)=C(C)[C@H]1CNC(=O)[C@@H]1C(N)=O. The van der Waals surface area contributed by atoms with Crippen molar-refractivity contribution < 1.29 is 9.59 Å². The molecule has 4 nitrogen and oxygen atoms in total. The van der Waals surface area contributed by atoms with Crippen LogP contribution in [0.15, 0.2) is 11.1 Å². The molecule has 1 aliphatic rings. The van der Waals surface area contributed by atoms with Gasteiger partial charge in [-0.3, -0.25) is 9.59 Å². The molecular weight excluding hydrogens is 180 g/mol. The van der Waals surface area contributed by atoms with E-state index in [0.717, 1.165) is 11.1 Å². The van der Waals surface area contributed by atoms with Crippen LogP contribution in [0.3, 0.4) is 0 Å². The van der Waals surface area contributed by atoms with Crippen molar-refractivity contribution in [2.24, 2.45) is 17.6 Å². The number of carbonyl (C=O) groups is 2. The van der Waals surface area contributed by atoms with Gasteiger partial charge in [0.15, 0.2) is 0 Å². The molecule has 1 rings (SSSR count). The number of carbonyl (C=O) groups excluding carboxylic acids is 2. The minimum atomic E-state index is -0.690. The Bertz CT molecular complexity index is 303. The van der Waals surface area contributed by atoms with Crippen LogP contribution in [0.25, 0.3) is 0 Å². The van der Waals surface area contributed by atoms with E-state index in [1.807, 2.05) is 20.8 Å². The minimum absolute atomic E-state index is 0.0648. The molecule has 0 aromatic carbocycles. The zero-order valence-corrected chi connectivity index (χ0v) is 8.76. The number of amides is 2. The van der Waals surface area contributed by atoms with E-state index in [1.54, 1.807) is 0 Å². The fourth-order valence-electron chi connectivity index (χ4n) is 1.72. The number of allylic oxidation sites excluding steroid dienone is 1. The summed E-state index contributed by atoms with van der Waals surface area (Å²) >= 11 is 0. The summed E-state index contributed by atoms with van der Waals surface area (Å²) < 4.78 is 0. The van der Waals surface area contributed by atoms with Crippen molar-refractivity contribution in [3.63, 3.8) is 0 Å². The quantitative estimate of drug-likeness (QED) is 0.489. The highest BCUT2D eigenvalue weighted by Crippen LogP contribution is 2.26. The molecule has 1 saturated heterocycles. The molecule has 4 heteroatoms. The highest BCUT2D eigenvalue weighted by atomic mass is 16.2. The van der Waals surface area contributed by atoms with Crippen LogP contribution in [0.5, 0.6) is 0 Å². The highest BCUT2D eigenvalue weighted by molar-refractivity contribution is 6.01. The molecule has 2 atom stereocenters. The van der Waals surface area contributed by atoms with E-state index >= 15 is 0 Å². The smallest absolute Gasteiger partial charge is 0.233 e. The number of nitrogens with two attached hydrogens (primary N) is 1. The van der Waals surface area contributed by atoms with E-state index in [0.29, 0.717) is 6.54 Å². The van der Waals surface area contributed by atoms with Crippen LogP contribution < -0.4 is 11.1 Å². The first kappa shape index (κ1) is 10.8. The summed E-state index contributed by atoms with van der Waals surface area (Å²) in [6.07, 6.45) is 0. The Labute approximate surface area is 83.5 Å². The van der Waals surface area contributed by atoms with Crippen molar-refractivity contribution in [3.05, 3.63) is 11.1 Å². The monoisotopic (exact) mass is 196 g/mol. The van der Waals surface area contributed by atoms with Gasteiger partial charge in [0.25, 0.3) is 0 Å². The van der Waals surface area contributed by atoms with Crippen LogP contribution in [0, 0.1) is 11.8 Å². The Morgan fingerprint density at radius 2 is 2.00 bits per heavy atom. The molecule has 1 aliphatic heterocycles. The van der Waals surface area contributed by atoms with E-state index in [4.69, 9.17) is 5.73 Å². The van der Waals surface area contributed by atoms with E-state index < -0.39 is 11.8 Å². The Hall–Kier alpha value is -1.32. The van der Waals surface area contributed by atoms with Gasteiger partial charge in [0, 0.05) is 12.5 Å². The highest BCUT2D eigenvalue weighted by Gasteiger charge is 2.39. The molecule has 3 N–H and O–H groups in total. The van der Waals surface area contributed by atoms with Gasteiger partial charge in [-0.25, -0.2) is 0 Å². The third-order valence-electron chi connectivity index (χ3n) is 2.83. The summed E-state index contributed by atoms with van der Waals surface area (Å²) in [7, 11) is 0. The maximum absolute atomic E-state index is 11.3. The van der Waals surface area contributed by atoms with Gasteiger partial charge in [0.1, 0.15) is 5.92 Å². The molecular formula is C10H16N2O2. The summed E-state index contributed by atoms with van der Waals surface area (Å²) in [5, 5.41) is 2.66. The lowest BCUT2D eigenvalue weighted by Crippen LogP contribution is -2.33. The van der Waals surface area contributed by atoms with Gasteiger partial charge in [0.2, 0.25) is 11.8 Å². The topological polar surface area (TPSA) is 72.2 Å². The molecule has 0 aliphatic carbocycles. The predicted molar refractivity (Wildman–Crippen MR) is 53.2 cm³/mol. The van der Waals surface area contributed by atoms with Crippen molar-refractivity contribution in [2.45, 2.75) is 20.8 Å². The minimum Gasteiger partial charge on any atom is -0.369 e. The second-order valence-corrected chi connectivity index (χ2v) is 3.91. The molecule has 1 fully saturated rings. The third-order valence-corrected chi connectivity index (χ3v) is 2.83. The summed E-state index contributed by atoms with van der Waals surface area (Å²) in [4.78, 5) is 22.4. The standard InChI is InChI=1S/C10H16N2O2/c1-5(2)6(3)7-4-12-10(14)8(7)9(11)13/h7-8H,4H2,1-3H3,(H2,11,13)(H,12,14)/t7-,8+/m1/s1. The fraction of sp³-hybridized carbons (Fsp3) is 0.600. The van der Waals surface area contributed by atoms with Crippen LogP contribution in [-0.4, -0.2) is 18.4 Å². The third kappa shape index (κ3) is 1.78. The number of nitrogens with one attached hydrogen (secondary N) is 1. The number of hydrogen-bond acceptors (Lipinski definition) is 2. The van der Waals surface area contributed by atoms with Crippen molar-refractivity contribution >= 4 is 11.8 Å². The Balaban J connectivity index is 2.96. The van der Waals surface area contributed by atoms with Gasteiger partial charge in [-0.1, -0.05) is 11.1 Å². The van der Waals surface area contributed by atoms with Gasteiger partial charge in [0.05, 0.1) is 0 Å². The van der Waals surface area contributed by atoms with Crippen LogP contribution in [-0.2, 0) is 9.59 Å². The van der Waals surface area contributed by atoms with Gasteiger partial charge < -0.3 is 11.1 Å². The normalized spacial score (nSPS) is 25.8. The van der Waals surface area contributed by atoms with Crippen LogP contribution in [0.2, 0.25) is 0 Å². The van der Waals surface area contributed by atoms with Gasteiger partial charge in [-0.05, 0) is 20.8 Å². The lowest BCUT2D eigenvalue weighted by Gasteiger charge is -2.15. The average molecular weight is 196 g/mol.